The molecule has 0 radical (unpaired) electrons. The first-order valence-corrected chi connectivity index (χ1v) is 13.7. The molecule has 196 valence electrons. The van der Waals surface area contributed by atoms with Gasteiger partial charge in [0, 0.05) is 50.2 Å². The van der Waals surface area contributed by atoms with Gasteiger partial charge in [-0.3, -0.25) is 4.90 Å². The molecule has 1 saturated heterocycles. The Bertz CT molecular complexity index is 1480. The number of anilines is 1. The standard InChI is InChI=1S/C23H23F3N6O3S2/c1-15(30-22-16-3-2-4-17(23(24,25)26)21(16)27-14-28-22)13-31-9-11-32(12-10-31)37(33,34)20-6-5-19(36-20)18-7-8-29-35-18/h2-8,14-15H,9-13H2,1H3,(H,27,28,30). The molecule has 14 heteroatoms. The van der Waals surface area contributed by atoms with Crippen molar-refractivity contribution in [3.8, 4) is 10.6 Å². The molecule has 0 spiro atoms. The monoisotopic (exact) mass is 552 g/mol. The smallest absolute Gasteiger partial charge is 0.366 e. The van der Waals surface area contributed by atoms with Crippen LogP contribution in [0.4, 0.5) is 19.0 Å². The van der Waals surface area contributed by atoms with Crippen molar-refractivity contribution in [2.24, 2.45) is 0 Å². The second kappa shape index (κ2) is 10.0. The predicted octanol–water partition coefficient (Wildman–Crippen LogP) is 4.17. The van der Waals surface area contributed by atoms with Crippen LogP contribution in [0.2, 0.25) is 0 Å². The van der Waals surface area contributed by atoms with E-state index in [1.807, 2.05) is 6.92 Å². The summed E-state index contributed by atoms with van der Waals surface area (Å²) in [7, 11) is -3.63. The van der Waals surface area contributed by atoms with E-state index in [-0.39, 0.29) is 15.8 Å². The molecule has 3 aromatic heterocycles. The summed E-state index contributed by atoms with van der Waals surface area (Å²) >= 11 is 1.14. The summed E-state index contributed by atoms with van der Waals surface area (Å²) in [6.07, 6.45) is -1.89. The predicted molar refractivity (Wildman–Crippen MR) is 133 cm³/mol. The van der Waals surface area contributed by atoms with Gasteiger partial charge in [-0.1, -0.05) is 11.2 Å². The van der Waals surface area contributed by atoms with Gasteiger partial charge in [0.05, 0.1) is 22.2 Å². The van der Waals surface area contributed by atoms with Crippen molar-refractivity contribution in [1.29, 1.82) is 0 Å². The Morgan fingerprint density at radius 1 is 1.11 bits per heavy atom. The zero-order chi connectivity index (χ0) is 26.2. The van der Waals surface area contributed by atoms with Crippen molar-refractivity contribution < 1.29 is 26.1 Å². The highest BCUT2D eigenvalue weighted by atomic mass is 32.2. The summed E-state index contributed by atoms with van der Waals surface area (Å²) in [5.41, 5.74) is -0.960. The van der Waals surface area contributed by atoms with Gasteiger partial charge in [-0.05, 0) is 31.2 Å². The van der Waals surface area contributed by atoms with Crippen LogP contribution in [0.1, 0.15) is 12.5 Å². The molecule has 37 heavy (non-hydrogen) atoms. The summed E-state index contributed by atoms with van der Waals surface area (Å²) in [6, 6.07) is 8.70. The highest BCUT2D eigenvalue weighted by Crippen LogP contribution is 2.35. The maximum absolute atomic E-state index is 13.4. The quantitative estimate of drug-likeness (QED) is 0.364. The molecule has 4 aromatic rings. The molecule has 1 unspecified atom stereocenters. The van der Waals surface area contributed by atoms with E-state index < -0.39 is 21.8 Å². The number of piperazine rings is 1. The zero-order valence-corrected chi connectivity index (χ0v) is 21.3. The summed E-state index contributed by atoms with van der Waals surface area (Å²) < 4.78 is 73.2. The number of thiophene rings is 1. The van der Waals surface area contributed by atoms with Crippen LogP contribution < -0.4 is 5.32 Å². The lowest BCUT2D eigenvalue weighted by atomic mass is 10.1. The van der Waals surface area contributed by atoms with Crippen LogP contribution in [0.3, 0.4) is 0 Å². The second-order valence-electron chi connectivity index (χ2n) is 8.67. The van der Waals surface area contributed by atoms with Crippen molar-refractivity contribution in [1.82, 2.24) is 24.3 Å². The van der Waals surface area contributed by atoms with Crippen molar-refractivity contribution in [3.05, 3.63) is 54.5 Å². The molecule has 0 aliphatic carbocycles. The highest BCUT2D eigenvalue weighted by Gasteiger charge is 2.34. The molecule has 1 fully saturated rings. The fraction of sp³-hybridized carbons (Fsp3) is 0.348. The Hall–Kier alpha value is -3.07. The van der Waals surface area contributed by atoms with Gasteiger partial charge in [0.1, 0.15) is 16.4 Å². The summed E-state index contributed by atoms with van der Waals surface area (Å²) in [5.74, 6) is 0.842. The summed E-state index contributed by atoms with van der Waals surface area (Å²) in [5, 5.41) is 7.14. The van der Waals surface area contributed by atoms with E-state index in [9.17, 15) is 21.6 Å². The first kappa shape index (κ1) is 25.6. The zero-order valence-electron chi connectivity index (χ0n) is 19.6. The average Bonchev–Trinajstić information content (AvgIpc) is 3.56. The molecule has 0 saturated carbocycles. The van der Waals surface area contributed by atoms with Gasteiger partial charge in [0.25, 0.3) is 10.0 Å². The summed E-state index contributed by atoms with van der Waals surface area (Å²) in [6.45, 7) is 4.17. The molecule has 0 bridgehead atoms. The topological polar surface area (TPSA) is 104 Å². The minimum absolute atomic E-state index is 0.154. The first-order chi connectivity index (χ1) is 17.6. The Morgan fingerprint density at radius 2 is 1.89 bits per heavy atom. The normalized spacial score (nSPS) is 16.8. The lowest BCUT2D eigenvalue weighted by Gasteiger charge is -2.35. The summed E-state index contributed by atoms with van der Waals surface area (Å²) in [4.78, 5) is 10.8. The third-order valence-electron chi connectivity index (χ3n) is 6.07. The van der Waals surface area contributed by atoms with E-state index in [1.54, 1.807) is 24.3 Å². The Kier molecular flexibility index (Phi) is 6.91. The highest BCUT2D eigenvalue weighted by molar-refractivity contribution is 7.91. The van der Waals surface area contributed by atoms with E-state index in [4.69, 9.17) is 4.52 Å². The number of sulfonamides is 1. The van der Waals surface area contributed by atoms with Gasteiger partial charge in [0.15, 0.2) is 5.76 Å². The fourth-order valence-corrected chi connectivity index (χ4v) is 7.15. The Morgan fingerprint density at radius 3 is 2.59 bits per heavy atom. The number of aromatic nitrogens is 3. The lowest BCUT2D eigenvalue weighted by Crippen LogP contribution is -2.50. The number of hydrogen-bond acceptors (Lipinski definition) is 9. The number of nitrogens with zero attached hydrogens (tertiary/aromatic N) is 5. The second-order valence-corrected chi connectivity index (χ2v) is 11.9. The minimum atomic E-state index is -4.52. The van der Waals surface area contributed by atoms with Crippen LogP contribution in [0.25, 0.3) is 21.5 Å². The molecule has 1 aliphatic rings. The number of benzene rings is 1. The van der Waals surface area contributed by atoms with Crippen LogP contribution in [-0.4, -0.2) is 71.5 Å². The molecule has 0 amide bonds. The number of alkyl halides is 3. The Balaban J connectivity index is 1.21. The van der Waals surface area contributed by atoms with Gasteiger partial charge in [-0.2, -0.15) is 17.5 Å². The minimum Gasteiger partial charge on any atom is -0.366 e. The molecule has 4 heterocycles. The molecule has 9 nitrogen and oxygen atoms in total. The first-order valence-electron chi connectivity index (χ1n) is 11.4. The van der Waals surface area contributed by atoms with Gasteiger partial charge >= 0.3 is 6.18 Å². The van der Waals surface area contributed by atoms with Gasteiger partial charge < -0.3 is 9.84 Å². The molecule has 5 rings (SSSR count). The molecule has 1 aromatic carbocycles. The number of para-hydroxylation sites is 1. The third kappa shape index (κ3) is 5.32. The van der Waals surface area contributed by atoms with E-state index >= 15 is 0 Å². The number of hydrogen-bond donors (Lipinski definition) is 1. The molecule has 1 atom stereocenters. The van der Waals surface area contributed by atoms with Gasteiger partial charge in [-0.25, -0.2) is 18.4 Å². The van der Waals surface area contributed by atoms with Crippen molar-refractivity contribution in [2.75, 3.05) is 38.0 Å². The lowest BCUT2D eigenvalue weighted by molar-refractivity contribution is -0.136. The van der Waals surface area contributed by atoms with Crippen molar-refractivity contribution in [3.63, 3.8) is 0 Å². The van der Waals surface area contributed by atoms with E-state index in [2.05, 4.69) is 25.3 Å². The van der Waals surface area contributed by atoms with Crippen molar-refractivity contribution in [2.45, 2.75) is 23.4 Å². The number of nitrogens with one attached hydrogen (secondary N) is 1. The molecular formula is C23H23F3N6O3S2. The largest absolute Gasteiger partial charge is 0.418 e. The van der Waals surface area contributed by atoms with E-state index in [0.29, 0.717) is 54.6 Å². The van der Waals surface area contributed by atoms with Crippen LogP contribution in [0, 0.1) is 0 Å². The van der Waals surface area contributed by atoms with Gasteiger partial charge in [-0.15, -0.1) is 11.3 Å². The SMILES string of the molecule is CC(CN1CCN(S(=O)(=O)c2ccc(-c3ccno3)s2)CC1)Nc1ncnc2c(C(F)(F)F)cccc12. The van der Waals surface area contributed by atoms with E-state index in [1.165, 1.54) is 16.6 Å². The fourth-order valence-electron chi connectivity index (χ4n) is 4.31. The number of halogens is 3. The van der Waals surface area contributed by atoms with Crippen LogP contribution in [-0.2, 0) is 16.2 Å². The van der Waals surface area contributed by atoms with Crippen LogP contribution in [0.15, 0.2) is 57.7 Å². The Labute approximate surface area is 215 Å². The van der Waals surface area contributed by atoms with Gasteiger partial charge in [0.2, 0.25) is 0 Å². The molecule has 1 N–H and O–H groups in total. The maximum Gasteiger partial charge on any atom is 0.418 e. The maximum atomic E-state index is 13.4. The van der Waals surface area contributed by atoms with E-state index in [0.717, 1.165) is 23.7 Å². The number of fused-ring (bicyclic) bond motifs is 1. The van der Waals surface area contributed by atoms with Crippen LogP contribution >= 0.6 is 11.3 Å². The van der Waals surface area contributed by atoms with Crippen molar-refractivity contribution >= 4 is 38.1 Å². The number of rotatable bonds is 7. The average molecular weight is 553 g/mol. The molecular weight excluding hydrogens is 529 g/mol. The third-order valence-corrected chi connectivity index (χ3v) is 9.54. The molecule has 1 aliphatic heterocycles. The van der Waals surface area contributed by atoms with Crippen LogP contribution in [0.5, 0.6) is 0 Å².